The van der Waals surface area contributed by atoms with Crippen molar-refractivity contribution in [2.24, 2.45) is 5.92 Å². The number of nitrogens with one attached hydrogen (secondary N) is 2. The van der Waals surface area contributed by atoms with Gasteiger partial charge in [0.2, 0.25) is 0 Å². The Bertz CT molecular complexity index is 348. The monoisotopic (exact) mass is 282 g/mol. The molecule has 1 unspecified atom stereocenters. The van der Waals surface area contributed by atoms with Crippen LogP contribution in [0.25, 0.3) is 0 Å². The smallest absolute Gasteiger partial charge is 0.338 e. The topological polar surface area (TPSA) is 114 Å². The fourth-order valence-electron chi connectivity index (χ4n) is 1.08. The fourth-order valence-corrected chi connectivity index (χ4v) is 2.33. The van der Waals surface area contributed by atoms with Crippen LogP contribution in [-0.2, 0) is 23.6 Å². The second-order valence-electron chi connectivity index (χ2n) is 3.74. The van der Waals surface area contributed by atoms with Gasteiger partial charge >= 0.3 is 19.6 Å². The minimum Gasteiger partial charge on any atom is -0.469 e. The molecule has 0 aliphatic rings. The van der Waals surface area contributed by atoms with Crippen molar-refractivity contribution in [1.82, 2.24) is 10.2 Å². The predicted molar refractivity (Wildman–Crippen MR) is 63.6 cm³/mol. The lowest BCUT2D eigenvalue weighted by atomic mass is 10.2. The van der Waals surface area contributed by atoms with Gasteiger partial charge in [0.25, 0.3) is 0 Å². The van der Waals surface area contributed by atoms with Crippen LogP contribution < -0.4 is 10.2 Å². The zero-order chi connectivity index (χ0) is 14.3. The first-order chi connectivity index (χ1) is 8.23. The Hall–Kier alpha value is -0.950. The molecule has 0 fully saturated rings. The van der Waals surface area contributed by atoms with Gasteiger partial charge in [-0.2, -0.15) is 0 Å². The van der Waals surface area contributed by atoms with Gasteiger partial charge in [-0.3, -0.25) is 14.2 Å². The lowest BCUT2D eigenvalue weighted by molar-refractivity contribution is -0.144. The number of carbonyl (C=O) groups is 2. The van der Waals surface area contributed by atoms with Crippen LogP contribution in [0, 0.1) is 5.92 Å². The molecule has 0 rings (SSSR count). The van der Waals surface area contributed by atoms with E-state index in [1.165, 1.54) is 21.1 Å². The number of rotatable bonds is 7. The summed E-state index contributed by atoms with van der Waals surface area (Å²) in [5, 5.41) is 4.47. The average Bonchev–Trinajstić information content (AvgIpc) is 2.33. The molecular weight excluding hydrogens is 263 g/mol. The quantitative estimate of drug-likeness (QED) is 0.428. The van der Waals surface area contributed by atoms with Crippen molar-refractivity contribution in [3.05, 3.63) is 0 Å². The summed E-state index contributed by atoms with van der Waals surface area (Å²) >= 11 is 0. The Kier molecular flexibility index (Phi) is 7.08. The zero-order valence-electron chi connectivity index (χ0n) is 10.8. The molecule has 0 aliphatic carbocycles. The van der Waals surface area contributed by atoms with Gasteiger partial charge in [-0.1, -0.05) is 6.92 Å². The van der Waals surface area contributed by atoms with Crippen LogP contribution in [0.2, 0.25) is 0 Å². The highest BCUT2D eigenvalue weighted by atomic mass is 31.2. The van der Waals surface area contributed by atoms with Crippen LogP contribution in [0.4, 0.5) is 0 Å². The molecule has 9 heteroatoms. The maximum Gasteiger partial charge on any atom is 0.338 e. The van der Waals surface area contributed by atoms with E-state index in [0.717, 1.165) is 0 Å². The Balaban J connectivity index is 4.28. The van der Waals surface area contributed by atoms with E-state index in [9.17, 15) is 19.0 Å². The van der Waals surface area contributed by atoms with Crippen LogP contribution >= 0.6 is 7.67 Å². The summed E-state index contributed by atoms with van der Waals surface area (Å²) in [5.74, 6) is -1.73. The van der Waals surface area contributed by atoms with Crippen molar-refractivity contribution >= 4 is 19.6 Å². The Morgan fingerprint density at radius 1 is 1.22 bits per heavy atom. The summed E-state index contributed by atoms with van der Waals surface area (Å²) in [7, 11) is -1.52. The highest BCUT2D eigenvalue weighted by Gasteiger charge is 2.26. The highest BCUT2D eigenvalue weighted by Crippen LogP contribution is 2.30. The summed E-state index contributed by atoms with van der Waals surface area (Å²) in [4.78, 5) is 31.6. The lowest BCUT2D eigenvalue weighted by Crippen LogP contribution is -2.37. The molecule has 3 N–H and O–H groups in total. The molecule has 106 valence electrons. The first-order valence-electron chi connectivity index (χ1n) is 5.25. The summed E-state index contributed by atoms with van der Waals surface area (Å²) in [5.41, 5.74) is 0. The SMILES string of the molecule is COC(=O)[C@H](C)CNP(=O)(O)N[C@@H](C)C(=O)OC. The molecule has 0 aliphatic heterocycles. The van der Waals surface area contributed by atoms with Crippen LogP contribution in [0.3, 0.4) is 0 Å². The third-order valence-corrected chi connectivity index (χ3v) is 3.49. The van der Waals surface area contributed by atoms with Crippen molar-refractivity contribution in [3.8, 4) is 0 Å². The van der Waals surface area contributed by atoms with Gasteiger partial charge in [0.05, 0.1) is 20.1 Å². The van der Waals surface area contributed by atoms with Gasteiger partial charge in [0, 0.05) is 6.54 Å². The van der Waals surface area contributed by atoms with Gasteiger partial charge < -0.3 is 14.4 Å². The Morgan fingerprint density at radius 2 is 1.72 bits per heavy atom. The van der Waals surface area contributed by atoms with Gasteiger partial charge in [-0.15, -0.1) is 0 Å². The highest BCUT2D eigenvalue weighted by molar-refractivity contribution is 7.53. The van der Waals surface area contributed by atoms with E-state index >= 15 is 0 Å². The molecule has 0 heterocycles. The number of carbonyl (C=O) groups excluding carboxylic acids is 2. The second-order valence-corrected chi connectivity index (χ2v) is 5.46. The van der Waals surface area contributed by atoms with Crippen LogP contribution in [0.1, 0.15) is 13.8 Å². The molecule has 3 atom stereocenters. The van der Waals surface area contributed by atoms with E-state index in [2.05, 4.69) is 19.6 Å². The average molecular weight is 282 g/mol. The van der Waals surface area contributed by atoms with E-state index in [4.69, 9.17) is 0 Å². The van der Waals surface area contributed by atoms with Gasteiger partial charge in [-0.25, -0.2) is 10.2 Å². The van der Waals surface area contributed by atoms with Crippen LogP contribution in [0.15, 0.2) is 0 Å². The molecule has 0 amide bonds. The molecule has 0 saturated heterocycles. The molecular formula is C9H19N2O6P. The van der Waals surface area contributed by atoms with Gasteiger partial charge in [0.15, 0.2) is 0 Å². The molecule has 0 bridgehead atoms. The fraction of sp³-hybridized carbons (Fsp3) is 0.778. The van der Waals surface area contributed by atoms with E-state index in [-0.39, 0.29) is 6.54 Å². The maximum atomic E-state index is 11.6. The summed E-state index contributed by atoms with van der Waals surface area (Å²) in [6.07, 6.45) is 0. The molecule has 0 aromatic carbocycles. The summed E-state index contributed by atoms with van der Waals surface area (Å²) in [6.45, 7) is 2.88. The van der Waals surface area contributed by atoms with E-state index < -0.39 is 31.6 Å². The number of hydrogen-bond acceptors (Lipinski definition) is 5. The lowest BCUT2D eigenvalue weighted by Gasteiger charge is -2.19. The predicted octanol–water partition coefficient (Wildman–Crippen LogP) is -0.363. The van der Waals surface area contributed by atoms with Crippen molar-refractivity contribution in [2.45, 2.75) is 19.9 Å². The second kappa shape index (κ2) is 7.48. The largest absolute Gasteiger partial charge is 0.469 e. The normalized spacial score (nSPS) is 17.4. The Morgan fingerprint density at radius 3 is 2.17 bits per heavy atom. The van der Waals surface area contributed by atoms with E-state index in [1.54, 1.807) is 6.92 Å². The number of esters is 2. The molecule has 18 heavy (non-hydrogen) atoms. The molecule has 0 saturated carbocycles. The minimum absolute atomic E-state index is 0.0542. The first kappa shape index (κ1) is 17.1. The first-order valence-corrected chi connectivity index (χ1v) is 6.90. The maximum absolute atomic E-state index is 11.6. The van der Waals surface area contributed by atoms with Crippen molar-refractivity contribution in [1.29, 1.82) is 0 Å². The van der Waals surface area contributed by atoms with Gasteiger partial charge in [0.1, 0.15) is 6.04 Å². The van der Waals surface area contributed by atoms with Crippen molar-refractivity contribution in [3.63, 3.8) is 0 Å². The summed E-state index contributed by atoms with van der Waals surface area (Å²) in [6, 6.07) is -0.938. The number of hydrogen-bond donors (Lipinski definition) is 3. The van der Waals surface area contributed by atoms with Crippen LogP contribution in [0.5, 0.6) is 0 Å². The zero-order valence-corrected chi connectivity index (χ0v) is 11.7. The van der Waals surface area contributed by atoms with E-state index in [0.29, 0.717) is 0 Å². The third-order valence-electron chi connectivity index (χ3n) is 2.14. The number of methoxy groups -OCH3 is 2. The van der Waals surface area contributed by atoms with E-state index in [1.807, 2.05) is 0 Å². The molecule has 0 aromatic rings. The third kappa shape index (κ3) is 6.11. The minimum atomic E-state index is -3.93. The van der Waals surface area contributed by atoms with Crippen LogP contribution in [-0.4, -0.2) is 43.6 Å². The number of ether oxygens (including phenoxy) is 2. The summed E-state index contributed by atoms with van der Waals surface area (Å²) < 4.78 is 20.5. The Labute approximate surface area is 106 Å². The standard InChI is InChI=1S/C9H19N2O6P/c1-6(8(12)16-3)5-10-18(14,15)11-7(2)9(13)17-4/h6-7H,5H2,1-4H3,(H3,10,11,14,15)/t6-,7+/m1/s1. The van der Waals surface area contributed by atoms with Gasteiger partial charge in [-0.05, 0) is 6.92 Å². The molecule has 0 spiro atoms. The van der Waals surface area contributed by atoms with Crippen molar-refractivity contribution in [2.75, 3.05) is 20.8 Å². The molecule has 0 radical (unpaired) electrons. The van der Waals surface area contributed by atoms with Crippen molar-refractivity contribution < 1.29 is 28.5 Å². The molecule has 8 nitrogen and oxygen atoms in total. The molecule has 0 aromatic heterocycles.